The number of hydrogen-bond acceptors (Lipinski definition) is 7. The van der Waals surface area contributed by atoms with Crippen LogP contribution in [0.3, 0.4) is 0 Å². The minimum Gasteiger partial charge on any atom is -0.439 e. The Bertz CT molecular complexity index is 1090. The van der Waals surface area contributed by atoms with Gasteiger partial charge in [-0.1, -0.05) is 0 Å². The maximum atomic E-state index is 13.1. The van der Waals surface area contributed by atoms with Crippen molar-refractivity contribution >= 4 is 27.4 Å². The van der Waals surface area contributed by atoms with Gasteiger partial charge >= 0.3 is 0 Å². The Hall–Kier alpha value is -2.84. The lowest BCUT2D eigenvalue weighted by molar-refractivity contribution is 0.227. The first-order valence-electron chi connectivity index (χ1n) is 9.12. The average molecular weight is 395 g/mol. The van der Waals surface area contributed by atoms with E-state index >= 15 is 0 Å². The first-order valence-corrected chi connectivity index (χ1v) is 10.0. The molecule has 1 aliphatic rings. The molecule has 1 fully saturated rings. The fourth-order valence-corrected chi connectivity index (χ4v) is 4.20. The minimum atomic E-state index is -0.259. The molecule has 142 valence electrons. The molecule has 3 aromatic heterocycles. The summed E-state index contributed by atoms with van der Waals surface area (Å²) in [4.78, 5) is 18.9. The molecule has 0 aliphatic carbocycles. The number of rotatable bonds is 4. The molecule has 6 nitrogen and oxygen atoms in total. The number of aromatic nitrogens is 3. The number of benzene rings is 1. The van der Waals surface area contributed by atoms with Gasteiger partial charge in [-0.15, -0.1) is 11.3 Å². The van der Waals surface area contributed by atoms with Gasteiger partial charge < -0.3 is 9.32 Å². The standard InChI is InChI=1S/C20H18FN5OS/c21-15-3-1-14(2-4-15)17-11-22-18(27-17)12-25-6-8-26(9-7-25)19-16-5-10-28-20(16)24-13-23-19/h1-5,10-11,13H,6-9,12H2. The molecule has 28 heavy (non-hydrogen) atoms. The molecule has 5 rings (SSSR count). The van der Waals surface area contributed by atoms with Crippen LogP contribution in [0.25, 0.3) is 21.5 Å². The highest BCUT2D eigenvalue weighted by Gasteiger charge is 2.21. The summed E-state index contributed by atoms with van der Waals surface area (Å²) in [6.45, 7) is 4.27. The summed E-state index contributed by atoms with van der Waals surface area (Å²) in [5, 5.41) is 3.18. The second-order valence-corrected chi connectivity index (χ2v) is 7.62. The maximum Gasteiger partial charge on any atom is 0.209 e. The molecule has 0 unspecified atom stereocenters. The van der Waals surface area contributed by atoms with Crippen molar-refractivity contribution in [1.82, 2.24) is 19.9 Å². The van der Waals surface area contributed by atoms with Gasteiger partial charge in [-0.2, -0.15) is 0 Å². The molecule has 1 aliphatic heterocycles. The van der Waals surface area contributed by atoms with E-state index in [-0.39, 0.29) is 5.82 Å². The molecule has 1 saturated heterocycles. The molecule has 1 aromatic carbocycles. The van der Waals surface area contributed by atoms with Gasteiger partial charge in [0.2, 0.25) is 5.89 Å². The topological polar surface area (TPSA) is 58.3 Å². The molecular formula is C20H18FN5OS. The molecule has 4 heterocycles. The molecule has 0 spiro atoms. The van der Waals surface area contributed by atoms with E-state index < -0.39 is 0 Å². The van der Waals surface area contributed by atoms with Gasteiger partial charge in [0.15, 0.2) is 5.76 Å². The lowest BCUT2D eigenvalue weighted by Gasteiger charge is -2.34. The summed E-state index contributed by atoms with van der Waals surface area (Å²) >= 11 is 1.64. The Labute approximate surface area is 165 Å². The summed E-state index contributed by atoms with van der Waals surface area (Å²) in [5.74, 6) is 2.09. The first kappa shape index (κ1) is 17.3. The van der Waals surface area contributed by atoms with E-state index in [1.807, 2.05) is 0 Å². The maximum absolute atomic E-state index is 13.1. The van der Waals surface area contributed by atoms with E-state index in [0.717, 1.165) is 47.8 Å². The third-order valence-corrected chi connectivity index (χ3v) is 5.77. The second kappa shape index (κ2) is 7.29. The number of thiophene rings is 1. The van der Waals surface area contributed by atoms with Crippen molar-refractivity contribution < 1.29 is 8.81 Å². The van der Waals surface area contributed by atoms with Gasteiger partial charge in [-0.3, -0.25) is 4.90 Å². The van der Waals surface area contributed by atoms with Crippen molar-refractivity contribution in [3.05, 3.63) is 59.9 Å². The highest BCUT2D eigenvalue weighted by molar-refractivity contribution is 7.16. The highest BCUT2D eigenvalue weighted by atomic mass is 32.1. The Balaban J connectivity index is 1.23. The molecule has 0 amide bonds. The van der Waals surface area contributed by atoms with Crippen molar-refractivity contribution in [3.63, 3.8) is 0 Å². The van der Waals surface area contributed by atoms with E-state index in [2.05, 4.69) is 36.2 Å². The first-order chi connectivity index (χ1) is 13.8. The smallest absolute Gasteiger partial charge is 0.209 e. The molecular weight excluding hydrogens is 377 g/mol. The normalized spacial score (nSPS) is 15.4. The fraction of sp³-hybridized carbons (Fsp3) is 0.250. The van der Waals surface area contributed by atoms with Crippen molar-refractivity contribution in [1.29, 1.82) is 0 Å². The van der Waals surface area contributed by atoms with Crippen molar-refractivity contribution in [2.75, 3.05) is 31.1 Å². The molecule has 0 bridgehead atoms. The summed E-state index contributed by atoms with van der Waals surface area (Å²) in [5.41, 5.74) is 0.827. The zero-order valence-corrected chi connectivity index (χ0v) is 15.9. The predicted molar refractivity (Wildman–Crippen MR) is 107 cm³/mol. The molecule has 0 atom stereocenters. The van der Waals surface area contributed by atoms with Gasteiger partial charge in [-0.05, 0) is 35.7 Å². The van der Waals surface area contributed by atoms with Crippen LogP contribution in [0.15, 0.2) is 52.7 Å². The van der Waals surface area contributed by atoms with Gasteiger partial charge in [0, 0.05) is 31.7 Å². The monoisotopic (exact) mass is 395 g/mol. The molecule has 0 saturated carbocycles. The van der Waals surface area contributed by atoms with E-state index in [9.17, 15) is 4.39 Å². The Morgan fingerprint density at radius 2 is 1.82 bits per heavy atom. The Kier molecular flexibility index (Phi) is 4.50. The summed E-state index contributed by atoms with van der Waals surface area (Å²) in [6, 6.07) is 8.34. The summed E-state index contributed by atoms with van der Waals surface area (Å²) in [6.07, 6.45) is 3.34. The third-order valence-electron chi connectivity index (χ3n) is 4.95. The number of piperazine rings is 1. The van der Waals surface area contributed by atoms with Crippen LogP contribution < -0.4 is 4.90 Å². The average Bonchev–Trinajstić information content (AvgIpc) is 3.38. The van der Waals surface area contributed by atoms with E-state index in [0.29, 0.717) is 18.2 Å². The number of hydrogen-bond donors (Lipinski definition) is 0. The van der Waals surface area contributed by atoms with Gasteiger partial charge in [0.1, 0.15) is 22.8 Å². The van der Waals surface area contributed by atoms with Crippen LogP contribution in [-0.4, -0.2) is 46.0 Å². The van der Waals surface area contributed by atoms with Crippen molar-refractivity contribution in [2.45, 2.75) is 6.54 Å². The van der Waals surface area contributed by atoms with Crippen LogP contribution >= 0.6 is 11.3 Å². The molecule has 8 heteroatoms. The van der Waals surface area contributed by atoms with Gasteiger partial charge in [-0.25, -0.2) is 19.3 Å². The van der Waals surface area contributed by atoms with Crippen LogP contribution in [-0.2, 0) is 6.54 Å². The largest absolute Gasteiger partial charge is 0.439 e. The van der Waals surface area contributed by atoms with E-state index in [4.69, 9.17) is 4.42 Å². The van der Waals surface area contributed by atoms with E-state index in [1.54, 1.807) is 36.0 Å². The number of anilines is 1. The van der Waals surface area contributed by atoms with Crippen molar-refractivity contribution in [3.8, 4) is 11.3 Å². The molecule has 0 radical (unpaired) electrons. The number of oxazole rings is 1. The van der Waals surface area contributed by atoms with Crippen LogP contribution in [0.5, 0.6) is 0 Å². The summed E-state index contributed by atoms with van der Waals surface area (Å²) in [7, 11) is 0. The highest BCUT2D eigenvalue weighted by Crippen LogP contribution is 2.27. The minimum absolute atomic E-state index is 0.259. The third kappa shape index (κ3) is 3.36. The zero-order chi connectivity index (χ0) is 18.9. The van der Waals surface area contributed by atoms with Crippen LogP contribution in [0, 0.1) is 5.82 Å². The van der Waals surface area contributed by atoms with Crippen LogP contribution in [0.2, 0.25) is 0 Å². The van der Waals surface area contributed by atoms with Gasteiger partial charge in [0.25, 0.3) is 0 Å². The second-order valence-electron chi connectivity index (χ2n) is 6.73. The fourth-order valence-electron chi connectivity index (χ4n) is 3.47. The quantitative estimate of drug-likeness (QED) is 0.524. The molecule has 0 N–H and O–H groups in total. The van der Waals surface area contributed by atoms with Crippen molar-refractivity contribution in [2.24, 2.45) is 0 Å². The Morgan fingerprint density at radius 1 is 1.00 bits per heavy atom. The van der Waals surface area contributed by atoms with E-state index in [1.165, 1.54) is 12.1 Å². The number of halogens is 1. The predicted octanol–water partition coefficient (Wildman–Crippen LogP) is 3.81. The SMILES string of the molecule is Fc1ccc(-c2cnc(CN3CCN(c4ncnc5sccc45)CC3)o2)cc1. The number of fused-ring (bicyclic) bond motifs is 1. The lowest BCUT2D eigenvalue weighted by Crippen LogP contribution is -2.46. The Morgan fingerprint density at radius 3 is 2.64 bits per heavy atom. The van der Waals surface area contributed by atoms with Crippen LogP contribution in [0.4, 0.5) is 10.2 Å². The summed E-state index contributed by atoms with van der Waals surface area (Å²) < 4.78 is 18.9. The van der Waals surface area contributed by atoms with Gasteiger partial charge in [0.05, 0.1) is 18.1 Å². The number of nitrogens with zero attached hydrogens (tertiary/aromatic N) is 5. The lowest BCUT2D eigenvalue weighted by atomic mass is 10.2. The molecule has 4 aromatic rings. The zero-order valence-electron chi connectivity index (χ0n) is 15.1. The van der Waals surface area contributed by atoms with Crippen LogP contribution in [0.1, 0.15) is 5.89 Å².